The Balaban J connectivity index is 2.11. The second-order valence-corrected chi connectivity index (χ2v) is 6.18. The summed E-state index contributed by atoms with van der Waals surface area (Å²) < 4.78 is 6.84. The maximum atomic E-state index is 11.9. The molecule has 1 aromatic carbocycles. The number of ether oxygens (including phenoxy) is 1. The lowest BCUT2D eigenvalue weighted by atomic mass is 9.92. The molecular weight excluding hydrogens is 296 g/mol. The molecule has 6 heteroatoms. The number of carboxylic acid groups (broad SMARTS) is 1. The van der Waals surface area contributed by atoms with E-state index in [-0.39, 0.29) is 35.4 Å². The number of carboxylic acids is 1. The fourth-order valence-electron chi connectivity index (χ4n) is 2.02. The topological polar surface area (TPSA) is 81.4 Å². The molecule has 0 aliphatic heterocycles. The van der Waals surface area contributed by atoms with Crippen molar-refractivity contribution in [3.8, 4) is 5.75 Å². The molecule has 1 heterocycles. The minimum absolute atomic E-state index is 0.0937. The van der Waals surface area contributed by atoms with E-state index in [0.717, 1.165) is 5.69 Å². The van der Waals surface area contributed by atoms with E-state index in [4.69, 9.17) is 9.84 Å². The molecule has 2 rings (SSSR count). The van der Waals surface area contributed by atoms with Gasteiger partial charge in [-0.3, -0.25) is 4.79 Å². The molecule has 0 unspecified atom stereocenters. The van der Waals surface area contributed by atoms with Crippen LogP contribution < -0.4 is 10.3 Å². The average molecular weight is 316 g/mol. The quantitative estimate of drug-likeness (QED) is 0.915. The van der Waals surface area contributed by atoms with Gasteiger partial charge in [0.05, 0.1) is 12.2 Å². The van der Waals surface area contributed by atoms with Gasteiger partial charge in [0.1, 0.15) is 17.9 Å². The first-order valence-corrected chi connectivity index (χ1v) is 7.33. The van der Waals surface area contributed by atoms with Crippen molar-refractivity contribution in [2.75, 3.05) is 6.61 Å². The summed E-state index contributed by atoms with van der Waals surface area (Å²) in [5.41, 5.74) is 0.527. The third-order valence-corrected chi connectivity index (χ3v) is 3.31. The Kier molecular flexibility index (Phi) is 4.83. The largest absolute Gasteiger partial charge is 0.491 e. The normalized spacial score (nSPS) is 11.3. The fourth-order valence-corrected chi connectivity index (χ4v) is 2.02. The van der Waals surface area contributed by atoms with E-state index in [9.17, 15) is 9.59 Å². The molecular formula is C17H20N2O4. The van der Waals surface area contributed by atoms with Crippen molar-refractivity contribution in [3.05, 3.63) is 58.0 Å². The molecule has 1 aromatic heterocycles. The summed E-state index contributed by atoms with van der Waals surface area (Å²) in [6.07, 6.45) is 0. The number of benzene rings is 1. The Hall–Kier alpha value is -2.63. The maximum Gasteiger partial charge on any atom is 0.339 e. The third-order valence-electron chi connectivity index (χ3n) is 3.31. The minimum Gasteiger partial charge on any atom is -0.491 e. The predicted octanol–water partition coefficient (Wildman–Crippen LogP) is 2.32. The molecule has 0 amide bonds. The zero-order chi connectivity index (χ0) is 17.0. The second-order valence-electron chi connectivity index (χ2n) is 6.18. The van der Waals surface area contributed by atoms with Crippen molar-refractivity contribution in [1.82, 2.24) is 9.78 Å². The molecule has 0 spiro atoms. The highest BCUT2D eigenvalue weighted by Gasteiger charge is 2.16. The monoisotopic (exact) mass is 316 g/mol. The molecule has 1 N–H and O–H groups in total. The van der Waals surface area contributed by atoms with Crippen LogP contribution in [0.4, 0.5) is 0 Å². The zero-order valence-corrected chi connectivity index (χ0v) is 13.4. The second kappa shape index (κ2) is 6.64. The number of aromatic nitrogens is 2. The third kappa shape index (κ3) is 4.18. The lowest BCUT2D eigenvalue weighted by molar-refractivity contribution is 0.0692. The van der Waals surface area contributed by atoms with Gasteiger partial charge < -0.3 is 9.84 Å². The number of carbonyl (C=O) groups is 1. The minimum atomic E-state index is -1.05. The number of nitrogens with zero attached hydrogens (tertiary/aromatic N) is 2. The smallest absolute Gasteiger partial charge is 0.339 e. The summed E-state index contributed by atoms with van der Waals surface area (Å²) in [7, 11) is 0. The van der Waals surface area contributed by atoms with Crippen LogP contribution in [0.1, 0.15) is 36.8 Å². The zero-order valence-electron chi connectivity index (χ0n) is 13.4. The highest BCUT2D eigenvalue weighted by atomic mass is 16.5. The maximum absolute atomic E-state index is 11.9. The van der Waals surface area contributed by atoms with Crippen LogP contribution >= 0.6 is 0 Å². The molecule has 23 heavy (non-hydrogen) atoms. The lowest BCUT2D eigenvalue weighted by Gasteiger charge is -2.18. The Labute approximate surface area is 134 Å². The summed E-state index contributed by atoms with van der Waals surface area (Å²) in [6.45, 7) is 6.46. The van der Waals surface area contributed by atoms with Crippen LogP contribution in [0.15, 0.2) is 41.2 Å². The van der Waals surface area contributed by atoms with Crippen LogP contribution in [-0.2, 0) is 12.0 Å². The van der Waals surface area contributed by atoms with Crippen LogP contribution in [0, 0.1) is 0 Å². The summed E-state index contributed by atoms with van der Waals surface area (Å²) in [6, 6.07) is 9.60. The number of hydrogen-bond donors (Lipinski definition) is 1. The summed E-state index contributed by atoms with van der Waals surface area (Å²) in [5.74, 6) is -0.773. The van der Waals surface area contributed by atoms with Crippen molar-refractivity contribution in [2.24, 2.45) is 0 Å². The lowest BCUT2D eigenvalue weighted by Crippen LogP contribution is -2.28. The molecule has 0 saturated heterocycles. The first-order chi connectivity index (χ1) is 10.8. The van der Waals surface area contributed by atoms with Gasteiger partial charge >= 0.3 is 5.97 Å². The van der Waals surface area contributed by atoms with Crippen LogP contribution in [-0.4, -0.2) is 27.5 Å². The summed E-state index contributed by atoms with van der Waals surface area (Å²) in [4.78, 5) is 23.0. The van der Waals surface area contributed by atoms with Gasteiger partial charge in [0, 0.05) is 11.5 Å². The van der Waals surface area contributed by atoms with E-state index in [1.807, 2.05) is 20.8 Å². The van der Waals surface area contributed by atoms with E-state index in [1.165, 1.54) is 16.8 Å². The Morgan fingerprint density at radius 1 is 1.22 bits per heavy atom. The van der Waals surface area contributed by atoms with Gasteiger partial charge in [0.25, 0.3) is 5.56 Å². The Morgan fingerprint density at radius 2 is 1.91 bits per heavy atom. The van der Waals surface area contributed by atoms with Gasteiger partial charge in [-0.25, -0.2) is 9.48 Å². The van der Waals surface area contributed by atoms with Gasteiger partial charge in [0.15, 0.2) is 0 Å². The number of hydrogen-bond acceptors (Lipinski definition) is 4. The van der Waals surface area contributed by atoms with E-state index in [2.05, 4.69) is 5.10 Å². The van der Waals surface area contributed by atoms with Gasteiger partial charge in [-0.1, -0.05) is 32.9 Å². The SMILES string of the molecule is CC(C)(C)c1ccc(=O)n(CCOc2ccccc2C(=O)O)n1. The molecule has 2 aromatic rings. The molecule has 0 bridgehead atoms. The van der Waals surface area contributed by atoms with Crippen molar-refractivity contribution >= 4 is 5.97 Å². The number of rotatable bonds is 5. The van der Waals surface area contributed by atoms with Gasteiger partial charge in [-0.15, -0.1) is 0 Å². The van der Waals surface area contributed by atoms with Gasteiger partial charge in [-0.2, -0.15) is 5.10 Å². The molecule has 0 aliphatic carbocycles. The van der Waals surface area contributed by atoms with Crippen molar-refractivity contribution in [3.63, 3.8) is 0 Å². The van der Waals surface area contributed by atoms with Crippen LogP contribution in [0.25, 0.3) is 0 Å². The molecule has 0 saturated carbocycles. The van der Waals surface area contributed by atoms with Crippen molar-refractivity contribution in [2.45, 2.75) is 32.7 Å². The van der Waals surface area contributed by atoms with Crippen LogP contribution in [0.3, 0.4) is 0 Å². The highest BCUT2D eigenvalue weighted by molar-refractivity contribution is 5.90. The molecule has 122 valence electrons. The van der Waals surface area contributed by atoms with Crippen LogP contribution in [0.2, 0.25) is 0 Å². The molecule has 0 aliphatic rings. The average Bonchev–Trinajstić information content (AvgIpc) is 2.48. The van der Waals surface area contributed by atoms with Crippen molar-refractivity contribution in [1.29, 1.82) is 0 Å². The fraction of sp³-hybridized carbons (Fsp3) is 0.353. The Bertz CT molecular complexity index is 760. The standard InChI is InChI=1S/C17H20N2O4/c1-17(2,3)14-8-9-15(20)19(18-14)10-11-23-13-7-5-4-6-12(13)16(21)22/h4-9H,10-11H2,1-3H3,(H,21,22). The van der Waals surface area contributed by atoms with Crippen molar-refractivity contribution < 1.29 is 14.6 Å². The molecule has 0 fully saturated rings. The predicted molar refractivity (Wildman–Crippen MR) is 86.1 cm³/mol. The van der Waals surface area contributed by atoms with Gasteiger partial charge in [-0.05, 0) is 18.2 Å². The summed E-state index contributed by atoms with van der Waals surface area (Å²) >= 11 is 0. The summed E-state index contributed by atoms with van der Waals surface area (Å²) in [5, 5.41) is 13.4. The van der Waals surface area contributed by atoms with E-state index < -0.39 is 5.97 Å². The van der Waals surface area contributed by atoms with Crippen LogP contribution in [0.5, 0.6) is 5.75 Å². The van der Waals surface area contributed by atoms with E-state index in [0.29, 0.717) is 0 Å². The van der Waals surface area contributed by atoms with E-state index in [1.54, 1.807) is 24.3 Å². The molecule has 6 nitrogen and oxygen atoms in total. The van der Waals surface area contributed by atoms with Gasteiger partial charge in [0.2, 0.25) is 0 Å². The Morgan fingerprint density at radius 3 is 2.57 bits per heavy atom. The van der Waals surface area contributed by atoms with E-state index >= 15 is 0 Å². The molecule has 0 atom stereocenters. The first kappa shape index (κ1) is 16.7. The first-order valence-electron chi connectivity index (χ1n) is 7.33. The number of aromatic carboxylic acids is 1. The highest BCUT2D eigenvalue weighted by Crippen LogP contribution is 2.19. The number of para-hydroxylation sites is 1. The molecule has 0 radical (unpaired) electrons.